The topological polar surface area (TPSA) is 41.3 Å². The SMILES string of the molecule is CCN(CC)CCC(O)Cc1ccn(C(C)C)n1. The van der Waals surface area contributed by atoms with E-state index in [1.54, 1.807) is 0 Å². The highest BCUT2D eigenvalue weighted by atomic mass is 16.3. The van der Waals surface area contributed by atoms with E-state index in [0.29, 0.717) is 12.5 Å². The lowest BCUT2D eigenvalue weighted by molar-refractivity contribution is 0.142. The van der Waals surface area contributed by atoms with Gasteiger partial charge in [0.25, 0.3) is 0 Å². The highest BCUT2D eigenvalue weighted by Gasteiger charge is 2.10. The number of aliphatic hydroxyl groups excluding tert-OH is 1. The summed E-state index contributed by atoms with van der Waals surface area (Å²) in [5.41, 5.74) is 0.982. The molecule has 0 radical (unpaired) electrons. The van der Waals surface area contributed by atoms with E-state index in [9.17, 15) is 5.11 Å². The van der Waals surface area contributed by atoms with Crippen molar-refractivity contribution in [2.75, 3.05) is 19.6 Å². The molecular formula is C14H27N3O. The first-order chi connectivity index (χ1) is 8.56. The van der Waals surface area contributed by atoms with Crippen LogP contribution in [0.25, 0.3) is 0 Å². The Kier molecular flexibility index (Phi) is 6.36. The second-order valence-corrected chi connectivity index (χ2v) is 5.05. The van der Waals surface area contributed by atoms with E-state index < -0.39 is 0 Å². The highest BCUT2D eigenvalue weighted by molar-refractivity contribution is 5.01. The van der Waals surface area contributed by atoms with Crippen molar-refractivity contribution in [3.05, 3.63) is 18.0 Å². The summed E-state index contributed by atoms with van der Waals surface area (Å²) < 4.78 is 1.94. The van der Waals surface area contributed by atoms with Crippen molar-refractivity contribution in [3.8, 4) is 0 Å². The fourth-order valence-electron chi connectivity index (χ4n) is 1.99. The number of nitrogens with zero attached hydrogens (tertiary/aromatic N) is 3. The summed E-state index contributed by atoms with van der Waals surface area (Å²) in [5, 5.41) is 14.5. The molecule has 104 valence electrons. The van der Waals surface area contributed by atoms with Gasteiger partial charge in [0, 0.05) is 25.2 Å². The maximum absolute atomic E-state index is 10.0. The third-order valence-electron chi connectivity index (χ3n) is 3.31. The summed E-state index contributed by atoms with van der Waals surface area (Å²) in [6, 6.07) is 2.38. The zero-order valence-electron chi connectivity index (χ0n) is 12.1. The third-order valence-corrected chi connectivity index (χ3v) is 3.31. The van der Waals surface area contributed by atoms with Gasteiger partial charge in [-0.05, 0) is 39.4 Å². The molecule has 4 heteroatoms. The zero-order chi connectivity index (χ0) is 13.5. The lowest BCUT2D eigenvalue weighted by atomic mass is 10.1. The first kappa shape index (κ1) is 15.2. The molecule has 0 amide bonds. The van der Waals surface area contributed by atoms with Crippen molar-refractivity contribution in [1.82, 2.24) is 14.7 Å². The lowest BCUT2D eigenvalue weighted by Crippen LogP contribution is -2.27. The van der Waals surface area contributed by atoms with Crippen LogP contribution in [0, 0.1) is 0 Å². The number of hydrogen-bond donors (Lipinski definition) is 1. The molecule has 0 aliphatic rings. The van der Waals surface area contributed by atoms with Crippen LogP contribution in [0.2, 0.25) is 0 Å². The Balaban J connectivity index is 2.36. The molecular weight excluding hydrogens is 226 g/mol. The first-order valence-corrected chi connectivity index (χ1v) is 7.01. The van der Waals surface area contributed by atoms with Crippen LogP contribution in [-0.4, -0.2) is 45.5 Å². The average molecular weight is 253 g/mol. The zero-order valence-corrected chi connectivity index (χ0v) is 12.1. The van der Waals surface area contributed by atoms with Crippen LogP contribution in [0.1, 0.15) is 45.9 Å². The predicted octanol–water partition coefficient (Wildman–Crippen LogP) is 2.10. The van der Waals surface area contributed by atoms with Gasteiger partial charge in [-0.3, -0.25) is 4.68 Å². The molecule has 0 saturated carbocycles. The van der Waals surface area contributed by atoms with Crippen molar-refractivity contribution < 1.29 is 5.11 Å². The molecule has 0 aromatic carbocycles. The molecule has 1 aromatic rings. The number of rotatable bonds is 8. The van der Waals surface area contributed by atoms with Gasteiger partial charge in [0.15, 0.2) is 0 Å². The van der Waals surface area contributed by atoms with Crippen LogP contribution >= 0.6 is 0 Å². The molecule has 0 saturated heterocycles. The minimum absolute atomic E-state index is 0.291. The second kappa shape index (κ2) is 7.54. The van der Waals surface area contributed by atoms with Gasteiger partial charge >= 0.3 is 0 Å². The molecule has 1 rings (SSSR count). The summed E-state index contributed by atoms with van der Waals surface area (Å²) >= 11 is 0. The molecule has 1 unspecified atom stereocenters. The van der Waals surface area contributed by atoms with E-state index >= 15 is 0 Å². The Morgan fingerprint density at radius 2 is 2.00 bits per heavy atom. The van der Waals surface area contributed by atoms with Crippen LogP contribution < -0.4 is 0 Å². The molecule has 0 bridgehead atoms. The van der Waals surface area contributed by atoms with Crippen LogP contribution in [0.4, 0.5) is 0 Å². The maximum Gasteiger partial charge on any atom is 0.0650 e. The van der Waals surface area contributed by atoms with Crippen molar-refractivity contribution >= 4 is 0 Å². The minimum atomic E-state index is -0.291. The summed E-state index contributed by atoms with van der Waals surface area (Å²) in [6.07, 6.45) is 3.16. The van der Waals surface area contributed by atoms with Crippen LogP contribution in [0.3, 0.4) is 0 Å². The molecule has 1 heterocycles. The Hall–Kier alpha value is -0.870. The third kappa shape index (κ3) is 4.78. The fraction of sp³-hybridized carbons (Fsp3) is 0.786. The maximum atomic E-state index is 10.0. The Bertz CT molecular complexity index is 332. The van der Waals surface area contributed by atoms with Crippen LogP contribution in [-0.2, 0) is 6.42 Å². The molecule has 18 heavy (non-hydrogen) atoms. The van der Waals surface area contributed by atoms with Gasteiger partial charge in [-0.2, -0.15) is 5.10 Å². The Labute approximate surface area is 111 Å². The minimum Gasteiger partial charge on any atom is -0.393 e. The first-order valence-electron chi connectivity index (χ1n) is 7.01. The van der Waals surface area contributed by atoms with Crippen LogP contribution in [0.15, 0.2) is 12.3 Å². The predicted molar refractivity (Wildman–Crippen MR) is 74.7 cm³/mol. The largest absolute Gasteiger partial charge is 0.393 e. The van der Waals surface area contributed by atoms with Gasteiger partial charge in [0.05, 0.1) is 11.8 Å². The van der Waals surface area contributed by atoms with E-state index in [2.05, 4.69) is 37.7 Å². The molecule has 0 aliphatic carbocycles. The van der Waals surface area contributed by atoms with Crippen molar-refractivity contribution in [1.29, 1.82) is 0 Å². The Morgan fingerprint density at radius 3 is 2.50 bits per heavy atom. The van der Waals surface area contributed by atoms with E-state index in [0.717, 1.165) is 31.7 Å². The molecule has 0 spiro atoms. The number of aromatic nitrogens is 2. The number of hydrogen-bond acceptors (Lipinski definition) is 3. The fourth-order valence-corrected chi connectivity index (χ4v) is 1.99. The average Bonchev–Trinajstić information content (AvgIpc) is 2.79. The van der Waals surface area contributed by atoms with Gasteiger partial charge in [-0.1, -0.05) is 13.8 Å². The Morgan fingerprint density at radius 1 is 1.33 bits per heavy atom. The molecule has 0 fully saturated rings. The molecule has 1 atom stereocenters. The van der Waals surface area contributed by atoms with Gasteiger partial charge in [-0.15, -0.1) is 0 Å². The van der Waals surface area contributed by atoms with E-state index in [1.807, 2.05) is 16.9 Å². The molecule has 1 N–H and O–H groups in total. The summed E-state index contributed by atoms with van der Waals surface area (Å²) in [6.45, 7) is 11.6. The standard InChI is InChI=1S/C14H27N3O/c1-5-16(6-2)9-8-14(18)11-13-7-10-17(15-13)12(3)4/h7,10,12,14,18H,5-6,8-9,11H2,1-4H3. The van der Waals surface area contributed by atoms with E-state index in [4.69, 9.17) is 0 Å². The highest BCUT2D eigenvalue weighted by Crippen LogP contribution is 2.08. The molecule has 0 aliphatic heterocycles. The normalized spacial score (nSPS) is 13.5. The van der Waals surface area contributed by atoms with E-state index in [-0.39, 0.29) is 6.10 Å². The summed E-state index contributed by atoms with van der Waals surface area (Å²) in [4.78, 5) is 2.33. The van der Waals surface area contributed by atoms with Crippen molar-refractivity contribution in [2.24, 2.45) is 0 Å². The van der Waals surface area contributed by atoms with Gasteiger partial charge in [0.2, 0.25) is 0 Å². The second-order valence-electron chi connectivity index (χ2n) is 5.05. The monoisotopic (exact) mass is 253 g/mol. The van der Waals surface area contributed by atoms with E-state index in [1.165, 1.54) is 0 Å². The summed E-state index contributed by atoms with van der Waals surface area (Å²) in [7, 11) is 0. The van der Waals surface area contributed by atoms with Gasteiger partial charge in [0.1, 0.15) is 0 Å². The van der Waals surface area contributed by atoms with Gasteiger partial charge in [-0.25, -0.2) is 0 Å². The summed E-state index contributed by atoms with van der Waals surface area (Å²) in [5.74, 6) is 0. The van der Waals surface area contributed by atoms with Crippen molar-refractivity contribution in [2.45, 2.75) is 52.7 Å². The smallest absolute Gasteiger partial charge is 0.0650 e. The molecule has 4 nitrogen and oxygen atoms in total. The van der Waals surface area contributed by atoms with Crippen LogP contribution in [0.5, 0.6) is 0 Å². The lowest BCUT2D eigenvalue weighted by Gasteiger charge is -2.19. The van der Waals surface area contributed by atoms with Gasteiger partial charge < -0.3 is 10.0 Å². The van der Waals surface area contributed by atoms with Crippen molar-refractivity contribution in [3.63, 3.8) is 0 Å². The molecule has 1 aromatic heterocycles. The quantitative estimate of drug-likeness (QED) is 0.771. The number of aliphatic hydroxyl groups is 1.